The van der Waals surface area contributed by atoms with Crippen molar-refractivity contribution < 1.29 is 8.42 Å². The van der Waals surface area contributed by atoms with Crippen molar-refractivity contribution in [2.45, 2.75) is 13.0 Å². The van der Waals surface area contributed by atoms with Crippen molar-refractivity contribution in [3.8, 4) is 0 Å². The minimum atomic E-state index is -2.77. The van der Waals surface area contributed by atoms with Gasteiger partial charge in [-0.1, -0.05) is 12.1 Å². The molecule has 5 heteroatoms. The molecule has 0 atom stereocenters. The zero-order chi connectivity index (χ0) is 12.6. The summed E-state index contributed by atoms with van der Waals surface area (Å²) in [4.78, 5) is 2.22. The van der Waals surface area contributed by atoms with E-state index in [-0.39, 0.29) is 0 Å². The standard InChI is InChI=1S/C13H18N2O2S/c16-18(17)7-5-15(6-8-18)10-11-1-2-12-3-4-14-13(12)9-11/h1-2,9,14H,3-8,10H2. The van der Waals surface area contributed by atoms with Crippen molar-refractivity contribution in [3.63, 3.8) is 0 Å². The summed E-state index contributed by atoms with van der Waals surface area (Å²) < 4.78 is 22.7. The molecule has 0 aliphatic carbocycles. The van der Waals surface area contributed by atoms with Gasteiger partial charge in [0.05, 0.1) is 11.5 Å². The Bertz CT molecular complexity index is 540. The lowest BCUT2D eigenvalue weighted by Crippen LogP contribution is -2.39. The number of nitrogens with zero attached hydrogens (tertiary/aromatic N) is 1. The third kappa shape index (κ3) is 2.52. The molecule has 1 aromatic rings. The van der Waals surface area contributed by atoms with Crippen LogP contribution in [-0.4, -0.2) is 44.5 Å². The van der Waals surface area contributed by atoms with Gasteiger partial charge in [-0.3, -0.25) is 4.90 Å². The number of fused-ring (bicyclic) bond motifs is 1. The Balaban J connectivity index is 1.67. The van der Waals surface area contributed by atoms with Gasteiger partial charge in [-0.25, -0.2) is 8.42 Å². The molecular formula is C13H18N2O2S. The molecule has 4 nitrogen and oxygen atoms in total. The minimum absolute atomic E-state index is 0.302. The van der Waals surface area contributed by atoms with E-state index in [1.165, 1.54) is 16.8 Å². The molecule has 1 fully saturated rings. The maximum absolute atomic E-state index is 11.4. The molecule has 2 aliphatic heterocycles. The number of sulfone groups is 1. The lowest BCUT2D eigenvalue weighted by atomic mass is 10.1. The van der Waals surface area contributed by atoms with Gasteiger partial charge < -0.3 is 5.32 Å². The summed E-state index contributed by atoms with van der Waals surface area (Å²) in [6.07, 6.45) is 1.11. The van der Waals surface area contributed by atoms with Gasteiger partial charge in [0.15, 0.2) is 9.84 Å². The number of benzene rings is 1. The van der Waals surface area contributed by atoms with Gasteiger partial charge in [0.25, 0.3) is 0 Å². The molecule has 98 valence electrons. The van der Waals surface area contributed by atoms with Crippen LogP contribution in [0.4, 0.5) is 5.69 Å². The maximum Gasteiger partial charge on any atom is 0.152 e. The van der Waals surface area contributed by atoms with Crippen molar-refractivity contribution in [1.82, 2.24) is 4.90 Å². The van der Waals surface area contributed by atoms with Crippen LogP contribution < -0.4 is 5.32 Å². The molecule has 2 heterocycles. The predicted molar refractivity (Wildman–Crippen MR) is 72.6 cm³/mol. The van der Waals surface area contributed by atoms with E-state index in [0.717, 1.165) is 19.5 Å². The van der Waals surface area contributed by atoms with Crippen molar-refractivity contribution in [2.24, 2.45) is 0 Å². The van der Waals surface area contributed by atoms with Gasteiger partial charge >= 0.3 is 0 Å². The molecule has 1 saturated heterocycles. The molecule has 0 spiro atoms. The van der Waals surface area contributed by atoms with E-state index in [0.29, 0.717) is 24.6 Å². The van der Waals surface area contributed by atoms with Crippen LogP contribution in [0.5, 0.6) is 0 Å². The van der Waals surface area contributed by atoms with Gasteiger partial charge in [0, 0.05) is 31.9 Å². The summed E-state index contributed by atoms with van der Waals surface area (Å²) in [6, 6.07) is 6.55. The van der Waals surface area contributed by atoms with Gasteiger partial charge in [0.2, 0.25) is 0 Å². The Morgan fingerprint density at radius 1 is 1.22 bits per heavy atom. The summed E-state index contributed by atoms with van der Waals surface area (Å²) in [5.74, 6) is 0.604. The fourth-order valence-electron chi connectivity index (χ4n) is 2.60. The topological polar surface area (TPSA) is 49.4 Å². The second-order valence-electron chi connectivity index (χ2n) is 5.10. The van der Waals surface area contributed by atoms with E-state index in [1.807, 2.05) is 0 Å². The smallest absolute Gasteiger partial charge is 0.152 e. The van der Waals surface area contributed by atoms with Crippen LogP contribution in [-0.2, 0) is 22.8 Å². The van der Waals surface area contributed by atoms with Gasteiger partial charge in [-0.15, -0.1) is 0 Å². The summed E-state index contributed by atoms with van der Waals surface area (Å²) in [7, 11) is -2.77. The van der Waals surface area contributed by atoms with E-state index in [4.69, 9.17) is 0 Å². The van der Waals surface area contributed by atoms with Gasteiger partial charge in [0.1, 0.15) is 0 Å². The third-order valence-electron chi connectivity index (χ3n) is 3.73. The summed E-state index contributed by atoms with van der Waals surface area (Å²) in [5, 5.41) is 3.38. The predicted octanol–water partition coefficient (Wildman–Crippen LogP) is 0.885. The van der Waals surface area contributed by atoms with E-state index >= 15 is 0 Å². The molecule has 1 N–H and O–H groups in total. The fourth-order valence-corrected chi connectivity index (χ4v) is 3.88. The molecule has 0 amide bonds. The normalized spacial score (nSPS) is 22.4. The molecule has 1 aromatic carbocycles. The second kappa shape index (κ2) is 4.55. The lowest BCUT2D eigenvalue weighted by Gasteiger charge is -2.26. The Morgan fingerprint density at radius 2 is 2.00 bits per heavy atom. The van der Waals surface area contributed by atoms with E-state index in [1.54, 1.807) is 0 Å². The van der Waals surface area contributed by atoms with Crippen molar-refractivity contribution in [2.75, 3.05) is 36.5 Å². The summed E-state index contributed by atoms with van der Waals surface area (Å²) in [5.41, 5.74) is 3.90. The highest BCUT2D eigenvalue weighted by atomic mass is 32.2. The molecule has 3 rings (SSSR count). The Hall–Kier alpha value is -1.07. The maximum atomic E-state index is 11.4. The van der Waals surface area contributed by atoms with Crippen LogP contribution in [0.3, 0.4) is 0 Å². The highest BCUT2D eigenvalue weighted by Crippen LogP contribution is 2.24. The molecule has 0 aromatic heterocycles. The Labute approximate surface area is 108 Å². The van der Waals surface area contributed by atoms with Gasteiger partial charge in [-0.2, -0.15) is 0 Å². The number of nitrogens with one attached hydrogen (secondary N) is 1. The van der Waals surface area contributed by atoms with Gasteiger partial charge in [-0.05, 0) is 23.6 Å². The molecular weight excluding hydrogens is 248 g/mol. The third-order valence-corrected chi connectivity index (χ3v) is 5.34. The van der Waals surface area contributed by atoms with Crippen LogP contribution in [0.15, 0.2) is 18.2 Å². The minimum Gasteiger partial charge on any atom is -0.384 e. The Morgan fingerprint density at radius 3 is 2.78 bits per heavy atom. The van der Waals surface area contributed by atoms with Crippen LogP contribution in [0, 0.1) is 0 Å². The molecule has 0 unspecified atom stereocenters. The van der Waals surface area contributed by atoms with Crippen LogP contribution >= 0.6 is 0 Å². The molecule has 2 aliphatic rings. The largest absolute Gasteiger partial charge is 0.384 e. The van der Waals surface area contributed by atoms with Crippen LogP contribution in [0.1, 0.15) is 11.1 Å². The SMILES string of the molecule is O=S1(=O)CCN(Cc2ccc3c(c2)NCC3)CC1. The Kier molecular flexibility index (Phi) is 3.03. The van der Waals surface area contributed by atoms with Crippen LogP contribution in [0.25, 0.3) is 0 Å². The lowest BCUT2D eigenvalue weighted by molar-refractivity contribution is 0.288. The molecule has 0 radical (unpaired) electrons. The molecule has 0 saturated carbocycles. The van der Waals surface area contributed by atoms with E-state index < -0.39 is 9.84 Å². The first kappa shape index (κ1) is 12.0. The number of rotatable bonds is 2. The molecule has 18 heavy (non-hydrogen) atoms. The average molecular weight is 266 g/mol. The summed E-state index contributed by atoms with van der Waals surface area (Å²) >= 11 is 0. The zero-order valence-corrected chi connectivity index (χ0v) is 11.2. The summed E-state index contributed by atoms with van der Waals surface area (Å²) in [6.45, 7) is 3.20. The van der Waals surface area contributed by atoms with Crippen LogP contribution in [0.2, 0.25) is 0 Å². The average Bonchev–Trinajstić information content (AvgIpc) is 2.79. The quantitative estimate of drug-likeness (QED) is 0.863. The second-order valence-corrected chi connectivity index (χ2v) is 7.40. The monoisotopic (exact) mass is 266 g/mol. The highest BCUT2D eigenvalue weighted by Gasteiger charge is 2.21. The van der Waals surface area contributed by atoms with Crippen molar-refractivity contribution >= 4 is 15.5 Å². The number of hydrogen-bond donors (Lipinski definition) is 1. The number of anilines is 1. The highest BCUT2D eigenvalue weighted by molar-refractivity contribution is 7.91. The molecule has 0 bridgehead atoms. The van der Waals surface area contributed by atoms with Crippen molar-refractivity contribution in [3.05, 3.63) is 29.3 Å². The first-order chi connectivity index (χ1) is 8.62. The fraction of sp³-hybridized carbons (Fsp3) is 0.538. The number of hydrogen-bond acceptors (Lipinski definition) is 4. The zero-order valence-electron chi connectivity index (χ0n) is 10.4. The first-order valence-corrected chi connectivity index (χ1v) is 8.23. The van der Waals surface area contributed by atoms with E-state index in [2.05, 4.69) is 28.4 Å². The van der Waals surface area contributed by atoms with Crippen molar-refractivity contribution in [1.29, 1.82) is 0 Å². The van der Waals surface area contributed by atoms with E-state index in [9.17, 15) is 8.42 Å². The first-order valence-electron chi connectivity index (χ1n) is 6.41.